The highest BCUT2D eigenvalue weighted by Crippen LogP contribution is 2.40. The van der Waals surface area contributed by atoms with Crippen LogP contribution in [0.25, 0.3) is 0 Å². The first kappa shape index (κ1) is 19.5. The molecule has 3 aromatic carbocycles. The summed E-state index contributed by atoms with van der Waals surface area (Å²) < 4.78 is 6.70. The summed E-state index contributed by atoms with van der Waals surface area (Å²) in [7, 11) is 0. The third-order valence-electron chi connectivity index (χ3n) is 5.74. The molecule has 0 radical (unpaired) electrons. The van der Waals surface area contributed by atoms with Crippen LogP contribution in [0.1, 0.15) is 17.2 Å². The molecule has 0 amide bonds. The summed E-state index contributed by atoms with van der Waals surface area (Å²) in [6.07, 6.45) is 0.0372. The Morgan fingerprint density at radius 2 is 1.43 bits per heavy atom. The van der Waals surface area contributed by atoms with E-state index in [0.717, 1.165) is 47.9 Å². The normalized spacial score (nSPS) is 22.2. The maximum absolute atomic E-state index is 5.63. The first-order chi connectivity index (χ1) is 14.8. The summed E-state index contributed by atoms with van der Waals surface area (Å²) in [5, 5.41) is 0. The number of halogens is 1. The van der Waals surface area contributed by atoms with Gasteiger partial charge in [-0.2, -0.15) is 0 Å². The monoisotopic (exact) mass is 461 g/mol. The van der Waals surface area contributed by atoms with Crippen LogP contribution in [0.5, 0.6) is 0 Å². The minimum Gasteiger partial charge on any atom is -0.379 e. The van der Waals surface area contributed by atoms with Crippen molar-refractivity contribution in [3.05, 3.63) is 101 Å². The number of amidine groups is 1. The summed E-state index contributed by atoms with van der Waals surface area (Å²) in [6.45, 7) is 3.31. The Bertz CT molecular complexity index is 1000. The Hall–Kier alpha value is -2.47. The van der Waals surface area contributed by atoms with Crippen LogP contribution in [0.2, 0.25) is 0 Å². The zero-order valence-corrected chi connectivity index (χ0v) is 18.3. The molecule has 0 bridgehead atoms. The molecule has 2 atom stereocenters. The lowest BCUT2D eigenvalue weighted by Crippen LogP contribution is -2.46. The molecular formula is C25H24BrN3O. The van der Waals surface area contributed by atoms with Crippen molar-refractivity contribution < 1.29 is 4.74 Å². The number of hydrogen-bond acceptors (Lipinski definition) is 4. The van der Waals surface area contributed by atoms with Gasteiger partial charge in [-0.3, -0.25) is 4.90 Å². The third-order valence-corrected chi connectivity index (χ3v) is 6.27. The van der Waals surface area contributed by atoms with E-state index in [-0.39, 0.29) is 12.2 Å². The Kier molecular flexibility index (Phi) is 5.67. The van der Waals surface area contributed by atoms with Gasteiger partial charge in [0.25, 0.3) is 0 Å². The van der Waals surface area contributed by atoms with Crippen molar-refractivity contribution in [3.63, 3.8) is 0 Å². The number of ether oxygens (including phenoxy) is 1. The van der Waals surface area contributed by atoms with E-state index in [0.29, 0.717) is 0 Å². The second kappa shape index (κ2) is 8.72. The number of nitrogens with zero attached hydrogens (tertiary/aromatic N) is 3. The molecular weight excluding hydrogens is 438 g/mol. The third kappa shape index (κ3) is 3.81. The molecule has 4 nitrogen and oxygen atoms in total. The largest absolute Gasteiger partial charge is 0.379 e. The van der Waals surface area contributed by atoms with Crippen LogP contribution >= 0.6 is 15.9 Å². The van der Waals surface area contributed by atoms with Crippen LogP contribution in [0.15, 0.2) is 94.4 Å². The van der Waals surface area contributed by atoms with Gasteiger partial charge in [-0.25, -0.2) is 4.99 Å². The van der Waals surface area contributed by atoms with Gasteiger partial charge >= 0.3 is 0 Å². The second-order valence-electron chi connectivity index (χ2n) is 7.58. The van der Waals surface area contributed by atoms with Crippen molar-refractivity contribution >= 4 is 27.5 Å². The SMILES string of the molecule is Brc1ccc(N2C(c3ccccc3)=NC(N3CCOCC3)C2c2ccccc2)cc1. The molecule has 2 aliphatic rings. The minimum atomic E-state index is 0.0372. The highest BCUT2D eigenvalue weighted by molar-refractivity contribution is 9.10. The van der Waals surface area contributed by atoms with E-state index in [4.69, 9.17) is 9.73 Å². The number of anilines is 1. The summed E-state index contributed by atoms with van der Waals surface area (Å²) in [6, 6.07) is 29.9. The van der Waals surface area contributed by atoms with Crippen molar-refractivity contribution in [2.45, 2.75) is 12.2 Å². The predicted octanol–water partition coefficient (Wildman–Crippen LogP) is 5.12. The standard InChI is InChI=1S/C25H24BrN3O/c26-21-11-13-22(14-12-21)29-23(19-7-3-1-4-8-19)25(28-15-17-30-18-16-28)27-24(29)20-9-5-2-6-10-20/h1-14,23,25H,15-18H2. The lowest BCUT2D eigenvalue weighted by Gasteiger charge is -2.37. The Morgan fingerprint density at radius 1 is 0.800 bits per heavy atom. The first-order valence-corrected chi connectivity index (χ1v) is 11.2. The summed E-state index contributed by atoms with van der Waals surface area (Å²) in [5.74, 6) is 1.02. The van der Waals surface area contributed by atoms with Gasteiger partial charge in [0.2, 0.25) is 0 Å². The second-order valence-corrected chi connectivity index (χ2v) is 8.50. The van der Waals surface area contributed by atoms with E-state index >= 15 is 0 Å². The topological polar surface area (TPSA) is 28.1 Å². The van der Waals surface area contributed by atoms with Crippen molar-refractivity contribution in [1.29, 1.82) is 0 Å². The maximum Gasteiger partial charge on any atom is 0.137 e. The molecule has 2 unspecified atom stereocenters. The van der Waals surface area contributed by atoms with Crippen LogP contribution < -0.4 is 4.90 Å². The molecule has 0 saturated carbocycles. The number of aliphatic imine (C=N–C) groups is 1. The maximum atomic E-state index is 5.63. The molecule has 5 rings (SSSR count). The van der Waals surface area contributed by atoms with Crippen LogP contribution in [-0.2, 0) is 4.74 Å². The molecule has 5 heteroatoms. The number of morpholine rings is 1. The fraction of sp³-hybridized carbons (Fsp3) is 0.240. The summed E-state index contributed by atoms with van der Waals surface area (Å²) in [4.78, 5) is 10.2. The fourth-order valence-electron chi connectivity index (χ4n) is 4.30. The smallest absolute Gasteiger partial charge is 0.137 e. The molecule has 0 aliphatic carbocycles. The van der Waals surface area contributed by atoms with Crippen molar-refractivity contribution in [2.75, 3.05) is 31.2 Å². The van der Waals surface area contributed by atoms with E-state index in [1.165, 1.54) is 5.56 Å². The van der Waals surface area contributed by atoms with Crippen molar-refractivity contribution in [1.82, 2.24) is 4.90 Å². The molecule has 3 aromatic rings. The minimum absolute atomic E-state index is 0.0372. The van der Waals surface area contributed by atoms with Crippen molar-refractivity contribution in [2.24, 2.45) is 4.99 Å². The summed E-state index contributed by atoms with van der Waals surface area (Å²) in [5.41, 5.74) is 3.55. The van der Waals surface area contributed by atoms with Crippen LogP contribution in [0.4, 0.5) is 5.69 Å². The lowest BCUT2D eigenvalue weighted by molar-refractivity contribution is 0.0150. The molecule has 152 valence electrons. The zero-order valence-electron chi connectivity index (χ0n) is 16.7. The Balaban J connectivity index is 1.65. The van der Waals surface area contributed by atoms with Crippen LogP contribution in [-0.4, -0.2) is 43.2 Å². The summed E-state index contributed by atoms with van der Waals surface area (Å²) >= 11 is 3.58. The number of hydrogen-bond donors (Lipinski definition) is 0. The Morgan fingerprint density at radius 3 is 2.10 bits per heavy atom. The molecule has 1 fully saturated rings. The van der Waals surface area contributed by atoms with Gasteiger partial charge in [0.15, 0.2) is 0 Å². The Labute approximate surface area is 185 Å². The molecule has 0 aromatic heterocycles. The van der Waals surface area contributed by atoms with Gasteiger partial charge in [-0.15, -0.1) is 0 Å². The van der Waals surface area contributed by atoms with E-state index < -0.39 is 0 Å². The van der Waals surface area contributed by atoms with E-state index in [1.54, 1.807) is 0 Å². The van der Waals surface area contributed by atoms with Gasteiger partial charge in [0.1, 0.15) is 12.0 Å². The first-order valence-electron chi connectivity index (χ1n) is 10.4. The molecule has 0 spiro atoms. The number of rotatable bonds is 4. The van der Waals surface area contributed by atoms with Gasteiger partial charge in [-0.1, -0.05) is 76.6 Å². The van der Waals surface area contributed by atoms with Crippen LogP contribution in [0, 0.1) is 0 Å². The molecule has 30 heavy (non-hydrogen) atoms. The van der Waals surface area contributed by atoms with Gasteiger partial charge < -0.3 is 9.64 Å². The molecule has 1 saturated heterocycles. The lowest BCUT2D eigenvalue weighted by atomic mass is 10.0. The van der Waals surface area contributed by atoms with Gasteiger partial charge in [-0.05, 0) is 29.8 Å². The van der Waals surface area contributed by atoms with E-state index in [2.05, 4.69) is 111 Å². The highest BCUT2D eigenvalue weighted by Gasteiger charge is 2.42. The van der Waals surface area contributed by atoms with Gasteiger partial charge in [0.05, 0.1) is 19.3 Å². The van der Waals surface area contributed by atoms with Crippen LogP contribution in [0.3, 0.4) is 0 Å². The van der Waals surface area contributed by atoms with Gasteiger partial charge in [0, 0.05) is 28.8 Å². The average Bonchev–Trinajstić information content (AvgIpc) is 3.22. The molecule has 0 N–H and O–H groups in total. The molecule has 2 heterocycles. The average molecular weight is 462 g/mol. The fourth-order valence-corrected chi connectivity index (χ4v) is 4.57. The van der Waals surface area contributed by atoms with E-state index in [9.17, 15) is 0 Å². The number of benzene rings is 3. The quantitative estimate of drug-likeness (QED) is 0.539. The van der Waals surface area contributed by atoms with Crippen molar-refractivity contribution in [3.8, 4) is 0 Å². The molecule has 2 aliphatic heterocycles. The highest BCUT2D eigenvalue weighted by atomic mass is 79.9. The van der Waals surface area contributed by atoms with E-state index in [1.807, 2.05) is 0 Å². The zero-order chi connectivity index (χ0) is 20.3. The predicted molar refractivity (Wildman–Crippen MR) is 125 cm³/mol.